The molecule has 1 aromatic carbocycles. The summed E-state index contributed by atoms with van der Waals surface area (Å²) in [6.07, 6.45) is 0.879. The molecule has 5 nitrogen and oxygen atoms in total. The van der Waals surface area contributed by atoms with Crippen LogP contribution in [0.3, 0.4) is 0 Å². The zero-order valence-electron chi connectivity index (χ0n) is 9.73. The molecule has 86 valence electrons. The van der Waals surface area contributed by atoms with E-state index in [0.29, 0.717) is 0 Å². The van der Waals surface area contributed by atoms with Crippen molar-refractivity contribution >= 4 is 17.2 Å². The van der Waals surface area contributed by atoms with Gasteiger partial charge in [0.05, 0.1) is 19.0 Å². The van der Waals surface area contributed by atoms with Crippen LogP contribution in [0.25, 0.3) is 0 Å². The lowest BCUT2D eigenvalue weighted by Crippen LogP contribution is -2.21. The molecule has 0 fully saturated rings. The summed E-state index contributed by atoms with van der Waals surface area (Å²) < 4.78 is 1.99. The standard InChI is InChI=1S/C11H15N3O2/c1-4-11(13(2)3)12-9-5-7-10(8-6-9)14(15)16/h5-8H,4H2,1-3H3/p+1. The average Bonchev–Trinajstić information content (AvgIpc) is 2.26. The maximum atomic E-state index is 10.5. The van der Waals surface area contributed by atoms with E-state index in [-0.39, 0.29) is 5.69 Å². The van der Waals surface area contributed by atoms with E-state index in [2.05, 4.69) is 5.32 Å². The molecule has 1 N–H and O–H groups in total. The zero-order chi connectivity index (χ0) is 12.1. The molecular formula is C11H16N3O2+. The van der Waals surface area contributed by atoms with E-state index in [1.807, 2.05) is 25.6 Å². The van der Waals surface area contributed by atoms with E-state index >= 15 is 0 Å². The highest BCUT2D eigenvalue weighted by atomic mass is 16.6. The van der Waals surface area contributed by atoms with Gasteiger partial charge in [0.1, 0.15) is 5.69 Å². The highest BCUT2D eigenvalue weighted by molar-refractivity contribution is 5.91. The lowest BCUT2D eigenvalue weighted by molar-refractivity contribution is -0.465. The Morgan fingerprint density at radius 1 is 1.31 bits per heavy atom. The Bertz CT molecular complexity index is 406. The molecule has 0 radical (unpaired) electrons. The van der Waals surface area contributed by atoms with Crippen LogP contribution in [0, 0.1) is 10.1 Å². The van der Waals surface area contributed by atoms with E-state index < -0.39 is 4.92 Å². The molecule has 0 saturated carbocycles. The Balaban J connectivity index is 2.84. The summed E-state index contributed by atoms with van der Waals surface area (Å²) in [6.45, 7) is 2.05. The molecule has 0 saturated heterocycles. The van der Waals surface area contributed by atoms with E-state index in [0.717, 1.165) is 17.9 Å². The number of non-ortho nitro benzene ring substituents is 1. The van der Waals surface area contributed by atoms with Crippen LogP contribution < -0.4 is 5.32 Å². The fraction of sp³-hybridized carbons (Fsp3) is 0.364. The SMILES string of the molecule is CCC(Nc1ccc([N+](=O)[O-])cc1)=[N+](C)C. The molecule has 0 atom stereocenters. The van der Waals surface area contributed by atoms with Gasteiger partial charge < -0.3 is 0 Å². The van der Waals surface area contributed by atoms with Gasteiger partial charge in [-0.15, -0.1) is 0 Å². The molecule has 0 aromatic heterocycles. The van der Waals surface area contributed by atoms with E-state index in [1.165, 1.54) is 12.1 Å². The van der Waals surface area contributed by atoms with Gasteiger partial charge >= 0.3 is 0 Å². The van der Waals surface area contributed by atoms with E-state index in [1.54, 1.807) is 12.1 Å². The van der Waals surface area contributed by atoms with Crippen molar-refractivity contribution in [1.29, 1.82) is 0 Å². The van der Waals surface area contributed by atoms with Crippen molar-refractivity contribution in [3.8, 4) is 0 Å². The van der Waals surface area contributed by atoms with Gasteiger partial charge in [-0.25, -0.2) is 5.32 Å². The average molecular weight is 222 g/mol. The van der Waals surface area contributed by atoms with Crippen molar-refractivity contribution in [2.45, 2.75) is 13.3 Å². The van der Waals surface area contributed by atoms with E-state index in [4.69, 9.17) is 0 Å². The first-order valence-corrected chi connectivity index (χ1v) is 5.09. The lowest BCUT2D eigenvalue weighted by Gasteiger charge is -2.03. The van der Waals surface area contributed by atoms with Crippen LogP contribution in [-0.2, 0) is 0 Å². The second-order valence-electron chi connectivity index (χ2n) is 3.62. The summed E-state index contributed by atoms with van der Waals surface area (Å²) >= 11 is 0. The summed E-state index contributed by atoms with van der Waals surface area (Å²) in [4.78, 5) is 10.1. The topological polar surface area (TPSA) is 58.2 Å². The Morgan fingerprint density at radius 2 is 1.88 bits per heavy atom. The van der Waals surface area contributed by atoms with Crippen LogP contribution in [-0.4, -0.2) is 29.4 Å². The molecule has 0 unspecified atom stereocenters. The first-order chi connectivity index (χ1) is 7.54. The quantitative estimate of drug-likeness (QED) is 0.280. The van der Waals surface area contributed by atoms with Crippen molar-refractivity contribution in [3.05, 3.63) is 34.4 Å². The Hall–Kier alpha value is -1.91. The maximum absolute atomic E-state index is 10.5. The van der Waals surface area contributed by atoms with Crippen molar-refractivity contribution in [3.63, 3.8) is 0 Å². The molecule has 5 heteroatoms. The highest BCUT2D eigenvalue weighted by Gasteiger charge is 2.09. The van der Waals surface area contributed by atoms with E-state index in [9.17, 15) is 10.1 Å². The molecule has 0 bridgehead atoms. The largest absolute Gasteiger partial charge is 0.271 e. The molecule has 0 aliphatic rings. The van der Waals surface area contributed by atoms with Crippen LogP contribution >= 0.6 is 0 Å². The number of rotatable bonds is 3. The molecule has 0 spiro atoms. The highest BCUT2D eigenvalue weighted by Crippen LogP contribution is 2.15. The summed E-state index contributed by atoms with van der Waals surface area (Å²) in [5, 5.41) is 13.7. The molecule has 0 aliphatic heterocycles. The number of anilines is 1. The predicted octanol–water partition coefficient (Wildman–Crippen LogP) is 2.09. The van der Waals surface area contributed by atoms with Crippen LogP contribution in [0.2, 0.25) is 0 Å². The molecule has 1 rings (SSSR count). The monoisotopic (exact) mass is 222 g/mol. The number of amidine groups is 1. The first kappa shape index (κ1) is 12.2. The second-order valence-corrected chi connectivity index (χ2v) is 3.62. The van der Waals surface area contributed by atoms with Crippen molar-refractivity contribution in [2.75, 3.05) is 19.4 Å². The van der Waals surface area contributed by atoms with Gasteiger partial charge in [0.25, 0.3) is 5.69 Å². The van der Waals surface area contributed by atoms with Crippen molar-refractivity contribution in [1.82, 2.24) is 0 Å². The van der Waals surface area contributed by atoms with Crippen LogP contribution in [0.15, 0.2) is 24.3 Å². The van der Waals surface area contributed by atoms with Crippen LogP contribution in [0.4, 0.5) is 11.4 Å². The minimum atomic E-state index is -0.403. The van der Waals surface area contributed by atoms with Gasteiger partial charge in [-0.3, -0.25) is 14.7 Å². The van der Waals surface area contributed by atoms with Gasteiger partial charge in [0.2, 0.25) is 5.84 Å². The summed E-state index contributed by atoms with van der Waals surface area (Å²) in [6, 6.07) is 6.39. The number of hydrogen-bond donors (Lipinski definition) is 1. The number of nitrogens with one attached hydrogen (secondary N) is 1. The van der Waals surface area contributed by atoms with Gasteiger partial charge in [0.15, 0.2) is 0 Å². The molecule has 0 heterocycles. The third-order valence-corrected chi connectivity index (χ3v) is 2.24. The number of benzene rings is 1. The Kier molecular flexibility index (Phi) is 3.99. The molecule has 16 heavy (non-hydrogen) atoms. The van der Waals surface area contributed by atoms with Crippen LogP contribution in [0.1, 0.15) is 13.3 Å². The smallest absolute Gasteiger partial charge is 0.269 e. The lowest BCUT2D eigenvalue weighted by atomic mass is 10.2. The van der Waals surface area contributed by atoms with Gasteiger partial charge in [-0.05, 0) is 12.1 Å². The third kappa shape index (κ3) is 3.05. The molecule has 0 aliphatic carbocycles. The Labute approximate surface area is 94.6 Å². The molecular weight excluding hydrogens is 206 g/mol. The number of hydrogen-bond acceptors (Lipinski definition) is 2. The minimum Gasteiger partial charge on any atom is -0.271 e. The maximum Gasteiger partial charge on any atom is 0.269 e. The predicted molar refractivity (Wildman–Crippen MR) is 64.1 cm³/mol. The van der Waals surface area contributed by atoms with Crippen molar-refractivity contribution in [2.24, 2.45) is 0 Å². The minimum absolute atomic E-state index is 0.105. The molecule has 1 aromatic rings. The second kappa shape index (κ2) is 5.25. The Morgan fingerprint density at radius 3 is 2.25 bits per heavy atom. The van der Waals surface area contributed by atoms with Gasteiger partial charge in [-0.2, -0.15) is 0 Å². The summed E-state index contributed by atoms with van der Waals surface area (Å²) in [5.74, 6) is 1.06. The summed E-state index contributed by atoms with van der Waals surface area (Å²) in [7, 11) is 3.91. The number of nitro groups is 1. The summed E-state index contributed by atoms with van der Waals surface area (Å²) in [5.41, 5.74) is 0.963. The first-order valence-electron chi connectivity index (χ1n) is 5.09. The van der Waals surface area contributed by atoms with Crippen molar-refractivity contribution < 1.29 is 9.50 Å². The number of nitrogens with zero attached hydrogens (tertiary/aromatic N) is 2. The zero-order valence-corrected chi connectivity index (χ0v) is 9.73. The fourth-order valence-corrected chi connectivity index (χ4v) is 1.35. The number of nitro benzene ring substituents is 1. The molecule has 0 amide bonds. The van der Waals surface area contributed by atoms with Gasteiger partial charge in [0, 0.05) is 18.6 Å². The third-order valence-electron chi connectivity index (χ3n) is 2.24. The van der Waals surface area contributed by atoms with Gasteiger partial charge in [-0.1, -0.05) is 6.92 Å². The van der Waals surface area contributed by atoms with Crippen LogP contribution in [0.5, 0.6) is 0 Å². The fourth-order valence-electron chi connectivity index (χ4n) is 1.35. The normalized spacial score (nSPS) is 9.69.